The van der Waals surface area contributed by atoms with Crippen molar-refractivity contribution in [3.63, 3.8) is 0 Å². The van der Waals surface area contributed by atoms with Crippen LogP contribution in [-0.2, 0) is 6.54 Å². The normalized spacial score (nSPS) is 17.6. The van der Waals surface area contributed by atoms with Crippen LogP contribution in [0.3, 0.4) is 0 Å². The van der Waals surface area contributed by atoms with Crippen molar-refractivity contribution >= 4 is 5.91 Å². The van der Waals surface area contributed by atoms with Gasteiger partial charge in [-0.3, -0.25) is 14.8 Å². The number of H-pyrrole nitrogens is 1. The van der Waals surface area contributed by atoms with Gasteiger partial charge in [-0.05, 0) is 55.5 Å². The third-order valence-electron chi connectivity index (χ3n) is 6.51. The number of carbonyl (C=O) groups excluding carboxylic acids is 1. The maximum Gasteiger partial charge on any atom is 0.253 e. The van der Waals surface area contributed by atoms with Crippen molar-refractivity contribution in [3.8, 4) is 17.0 Å². The van der Waals surface area contributed by atoms with Crippen molar-refractivity contribution in [3.05, 3.63) is 71.9 Å². The summed E-state index contributed by atoms with van der Waals surface area (Å²) in [5.41, 5.74) is 4.26. The Balaban J connectivity index is 1.13. The fourth-order valence-corrected chi connectivity index (χ4v) is 4.68. The summed E-state index contributed by atoms with van der Waals surface area (Å²) in [5.74, 6) is 0.985. The molecule has 2 aromatic carbocycles. The Morgan fingerprint density at radius 3 is 2.41 bits per heavy atom. The number of nitrogens with zero attached hydrogens (tertiary/aromatic N) is 3. The van der Waals surface area contributed by atoms with Crippen molar-refractivity contribution in [2.75, 3.05) is 26.2 Å². The average Bonchev–Trinajstić information content (AvgIpc) is 3.54. The number of nitrogens with one attached hydrogen (secondary N) is 1. The molecule has 166 valence electrons. The van der Waals surface area contributed by atoms with Gasteiger partial charge in [0.1, 0.15) is 11.9 Å². The lowest BCUT2D eigenvalue weighted by molar-refractivity contribution is 0.0792. The van der Waals surface area contributed by atoms with Gasteiger partial charge in [0, 0.05) is 43.9 Å². The highest BCUT2D eigenvalue weighted by Crippen LogP contribution is 2.25. The van der Waals surface area contributed by atoms with Gasteiger partial charge in [-0.15, -0.1) is 0 Å². The molecular weight excluding hydrogens is 400 g/mol. The zero-order valence-electron chi connectivity index (χ0n) is 18.4. The van der Waals surface area contributed by atoms with Gasteiger partial charge in [0.05, 0.1) is 11.9 Å². The van der Waals surface area contributed by atoms with Gasteiger partial charge in [-0.25, -0.2) is 0 Å². The summed E-state index contributed by atoms with van der Waals surface area (Å²) in [6, 6.07) is 18.0. The molecule has 0 spiro atoms. The van der Waals surface area contributed by atoms with Crippen LogP contribution in [-0.4, -0.2) is 58.2 Å². The monoisotopic (exact) mass is 430 g/mol. The van der Waals surface area contributed by atoms with Gasteiger partial charge in [0.15, 0.2) is 0 Å². The first-order valence-electron chi connectivity index (χ1n) is 11.6. The van der Waals surface area contributed by atoms with Gasteiger partial charge < -0.3 is 9.64 Å². The van der Waals surface area contributed by atoms with E-state index in [1.54, 1.807) is 0 Å². The van der Waals surface area contributed by atoms with E-state index in [1.165, 1.54) is 11.1 Å². The molecule has 3 heterocycles. The molecule has 2 aliphatic heterocycles. The molecule has 6 heteroatoms. The number of ether oxygens (including phenoxy) is 1. The number of likely N-dealkylation sites (tertiary alicyclic amines) is 2. The third-order valence-corrected chi connectivity index (χ3v) is 6.51. The lowest BCUT2D eigenvalue weighted by Gasteiger charge is -2.32. The van der Waals surface area contributed by atoms with Crippen LogP contribution >= 0.6 is 0 Å². The van der Waals surface area contributed by atoms with E-state index in [2.05, 4.69) is 39.4 Å². The Morgan fingerprint density at radius 2 is 1.69 bits per heavy atom. The predicted molar refractivity (Wildman–Crippen MR) is 125 cm³/mol. The molecule has 1 N–H and O–H groups in total. The zero-order chi connectivity index (χ0) is 21.8. The molecule has 1 amide bonds. The van der Waals surface area contributed by atoms with Crippen molar-refractivity contribution in [2.24, 2.45) is 0 Å². The van der Waals surface area contributed by atoms with Crippen molar-refractivity contribution in [1.29, 1.82) is 0 Å². The van der Waals surface area contributed by atoms with E-state index in [-0.39, 0.29) is 12.0 Å². The fourth-order valence-electron chi connectivity index (χ4n) is 4.68. The minimum atomic E-state index is 0.136. The Kier molecular flexibility index (Phi) is 6.21. The molecule has 0 radical (unpaired) electrons. The van der Waals surface area contributed by atoms with Crippen LogP contribution in [0.2, 0.25) is 0 Å². The number of benzene rings is 2. The topological polar surface area (TPSA) is 61.5 Å². The largest absolute Gasteiger partial charge is 0.490 e. The highest BCUT2D eigenvalue weighted by Gasteiger charge is 2.23. The molecule has 0 saturated carbocycles. The van der Waals surface area contributed by atoms with Crippen molar-refractivity contribution in [1.82, 2.24) is 20.0 Å². The number of piperidine rings is 1. The molecule has 1 aromatic heterocycles. The van der Waals surface area contributed by atoms with Gasteiger partial charge in [0.25, 0.3) is 5.91 Å². The second kappa shape index (κ2) is 9.57. The SMILES string of the molecule is O=C(c1ccc(OC2CCN(Cc3cn[nH]c3-c3ccccc3)CC2)cc1)N1CCCC1. The quantitative estimate of drug-likeness (QED) is 0.631. The van der Waals surface area contributed by atoms with Crippen molar-refractivity contribution in [2.45, 2.75) is 38.3 Å². The molecule has 0 unspecified atom stereocenters. The Hall–Kier alpha value is -3.12. The molecular formula is C26H30N4O2. The van der Waals surface area contributed by atoms with E-state index in [1.807, 2.05) is 41.4 Å². The van der Waals surface area contributed by atoms with E-state index in [9.17, 15) is 4.79 Å². The van der Waals surface area contributed by atoms with Gasteiger partial charge in [0.2, 0.25) is 0 Å². The van der Waals surface area contributed by atoms with Crippen LogP contribution in [0.25, 0.3) is 11.3 Å². The zero-order valence-corrected chi connectivity index (χ0v) is 18.4. The summed E-state index contributed by atoms with van der Waals surface area (Å²) in [6.07, 6.45) is 6.36. The summed E-state index contributed by atoms with van der Waals surface area (Å²) in [7, 11) is 0. The summed E-state index contributed by atoms with van der Waals surface area (Å²) in [5, 5.41) is 7.43. The summed E-state index contributed by atoms with van der Waals surface area (Å²) in [4.78, 5) is 16.9. The Morgan fingerprint density at radius 1 is 0.969 bits per heavy atom. The van der Waals surface area contributed by atoms with Crippen LogP contribution in [0.4, 0.5) is 0 Å². The van der Waals surface area contributed by atoms with E-state index < -0.39 is 0 Å². The first kappa shape index (κ1) is 20.8. The molecule has 0 aliphatic carbocycles. The third kappa shape index (κ3) is 4.70. The second-order valence-electron chi connectivity index (χ2n) is 8.75. The van der Waals surface area contributed by atoms with E-state index >= 15 is 0 Å². The van der Waals surface area contributed by atoms with Crippen LogP contribution in [0, 0.1) is 0 Å². The Labute approximate surface area is 189 Å². The molecule has 0 atom stereocenters. The molecule has 3 aromatic rings. The highest BCUT2D eigenvalue weighted by atomic mass is 16.5. The summed E-state index contributed by atoms with van der Waals surface area (Å²) < 4.78 is 6.22. The van der Waals surface area contributed by atoms with Crippen LogP contribution in [0.1, 0.15) is 41.6 Å². The number of hydrogen-bond acceptors (Lipinski definition) is 4. The van der Waals surface area contributed by atoms with E-state index in [4.69, 9.17) is 4.74 Å². The summed E-state index contributed by atoms with van der Waals surface area (Å²) >= 11 is 0. The van der Waals surface area contributed by atoms with Crippen molar-refractivity contribution < 1.29 is 9.53 Å². The lowest BCUT2D eigenvalue weighted by Crippen LogP contribution is -2.37. The number of aromatic nitrogens is 2. The minimum Gasteiger partial charge on any atom is -0.490 e. The molecule has 2 saturated heterocycles. The molecule has 2 fully saturated rings. The van der Waals surface area contributed by atoms with Crippen LogP contribution in [0.15, 0.2) is 60.8 Å². The molecule has 32 heavy (non-hydrogen) atoms. The van der Waals surface area contributed by atoms with Crippen LogP contribution in [0.5, 0.6) is 5.75 Å². The second-order valence-corrected chi connectivity index (χ2v) is 8.75. The average molecular weight is 431 g/mol. The van der Waals surface area contributed by atoms with Gasteiger partial charge in [-0.2, -0.15) is 5.10 Å². The fraction of sp³-hybridized carbons (Fsp3) is 0.385. The first-order valence-corrected chi connectivity index (χ1v) is 11.6. The molecule has 5 rings (SSSR count). The Bertz CT molecular complexity index is 1020. The number of amides is 1. The number of hydrogen-bond donors (Lipinski definition) is 1. The van der Waals surface area contributed by atoms with Gasteiger partial charge in [-0.1, -0.05) is 30.3 Å². The highest BCUT2D eigenvalue weighted by molar-refractivity contribution is 5.94. The van der Waals surface area contributed by atoms with Crippen LogP contribution < -0.4 is 4.74 Å². The first-order chi connectivity index (χ1) is 15.8. The van der Waals surface area contributed by atoms with Gasteiger partial charge >= 0.3 is 0 Å². The summed E-state index contributed by atoms with van der Waals surface area (Å²) in [6.45, 7) is 4.63. The van der Waals surface area contributed by atoms with E-state index in [0.29, 0.717) is 0 Å². The maximum atomic E-state index is 12.5. The standard InChI is InChI=1S/C26H30N4O2/c31-26(30-14-4-5-15-30)21-8-10-23(11-9-21)32-24-12-16-29(17-13-24)19-22-18-27-28-25(22)20-6-2-1-3-7-20/h1-3,6-11,18,24H,4-5,12-17,19H2,(H,27,28). The molecule has 6 nitrogen and oxygen atoms in total. The number of rotatable bonds is 6. The number of aromatic amines is 1. The molecule has 2 aliphatic rings. The van der Waals surface area contributed by atoms with E-state index in [0.717, 1.165) is 75.4 Å². The molecule has 0 bridgehead atoms. The number of carbonyl (C=O) groups is 1. The minimum absolute atomic E-state index is 0.136. The lowest BCUT2D eigenvalue weighted by atomic mass is 10.0. The predicted octanol–water partition coefficient (Wildman–Crippen LogP) is 4.36. The smallest absolute Gasteiger partial charge is 0.253 e. The maximum absolute atomic E-state index is 12.5.